The summed E-state index contributed by atoms with van der Waals surface area (Å²) in [6.07, 6.45) is -0.0288. The van der Waals surface area contributed by atoms with Crippen LogP contribution >= 0.6 is 0 Å². The minimum atomic E-state index is -0.897. The molecule has 0 aliphatic carbocycles. The van der Waals surface area contributed by atoms with Crippen molar-refractivity contribution < 1.29 is 18.8 Å². The normalized spacial score (nSPS) is 12.9. The summed E-state index contributed by atoms with van der Waals surface area (Å²) >= 11 is 0. The Bertz CT molecular complexity index is 535. The third kappa shape index (κ3) is 1.88. The highest BCUT2D eigenvalue weighted by Gasteiger charge is 2.17. The molecule has 1 N–H and O–H groups in total. The van der Waals surface area contributed by atoms with Crippen molar-refractivity contribution in [1.29, 1.82) is 0 Å². The van der Waals surface area contributed by atoms with Crippen molar-refractivity contribution >= 4 is 16.9 Å². The second-order valence-electron chi connectivity index (χ2n) is 3.71. The Kier molecular flexibility index (Phi) is 2.60. The predicted octanol–water partition coefficient (Wildman–Crippen LogP) is 2.55. The van der Waals surface area contributed by atoms with E-state index in [4.69, 9.17) is 9.63 Å². The summed E-state index contributed by atoms with van der Waals surface area (Å²) in [5.41, 5.74) is 0.893. The maximum atomic E-state index is 12.9. The number of aliphatic carboxylic acids is 1. The third-order valence-electron chi connectivity index (χ3n) is 2.41. The smallest absolute Gasteiger partial charge is 0.304 e. The van der Waals surface area contributed by atoms with Gasteiger partial charge in [-0.05, 0) is 12.1 Å². The van der Waals surface area contributed by atoms with Gasteiger partial charge < -0.3 is 9.63 Å². The molecule has 1 aromatic carbocycles. The molecule has 0 amide bonds. The Morgan fingerprint density at radius 3 is 3.06 bits per heavy atom. The van der Waals surface area contributed by atoms with Gasteiger partial charge in [-0.3, -0.25) is 4.79 Å². The molecule has 2 aromatic rings. The second kappa shape index (κ2) is 3.92. The molecule has 0 saturated carbocycles. The molecule has 1 heterocycles. The van der Waals surface area contributed by atoms with Crippen LogP contribution in [-0.4, -0.2) is 16.2 Å². The van der Waals surface area contributed by atoms with Crippen LogP contribution in [0.2, 0.25) is 0 Å². The number of rotatable bonds is 3. The minimum Gasteiger partial charge on any atom is -0.481 e. The molecular formula is C11H10FNO3. The monoisotopic (exact) mass is 223 g/mol. The summed E-state index contributed by atoms with van der Waals surface area (Å²) in [6.45, 7) is 1.74. The Morgan fingerprint density at radius 1 is 1.62 bits per heavy atom. The van der Waals surface area contributed by atoms with Gasteiger partial charge in [-0.15, -0.1) is 0 Å². The van der Waals surface area contributed by atoms with Gasteiger partial charge >= 0.3 is 5.97 Å². The Labute approximate surface area is 90.7 Å². The Balaban J connectivity index is 2.41. The van der Waals surface area contributed by atoms with Gasteiger partial charge in [-0.25, -0.2) is 4.39 Å². The van der Waals surface area contributed by atoms with Crippen LogP contribution in [0.4, 0.5) is 4.39 Å². The number of carboxylic acids is 1. The summed E-state index contributed by atoms with van der Waals surface area (Å²) in [7, 11) is 0. The quantitative estimate of drug-likeness (QED) is 0.868. The molecule has 0 saturated heterocycles. The van der Waals surface area contributed by atoms with Gasteiger partial charge in [-0.2, -0.15) is 0 Å². The lowest BCUT2D eigenvalue weighted by Gasteiger charge is -2.03. The largest absolute Gasteiger partial charge is 0.481 e. The molecule has 0 aliphatic heterocycles. The average molecular weight is 223 g/mol. The van der Waals surface area contributed by atoms with Crippen molar-refractivity contribution in [3.63, 3.8) is 0 Å². The molecule has 0 spiro atoms. The minimum absolute atomic E-state index is 0.0288. The summed E-state index contributed by atoms with van der Waals surface area (Å²) in [5, 5.41) is 13.1. The highest BCUT2D eigenvalue weighted by molar-refractivity contribution is 5.80. The van der Waals surface area contributed by atoms with Crippen molar-refractivity contribution in [2.24, 2.45) is 0 Å². The maximum absolute atomic E-state index is 12.9. The van der Waals surface area contributed by atoms with Crippen LogP contribution in [0.25, 0.3) is 11.0 Å². The van der Waals surface area contributed by atoms with Crippen LogP contribution < -0.4 is 0 Å². The number of hydrogen-bond acceptors (Lipinski definition) is 3. The molecule has 2 rings (SSSR count). The fourth-order valence-corrected chi connectivity index (χ4v) is 1.64. The fraction of sp³-hybridized carbons (Fsp3) is 0.273. The number of nitrogens with zero attached hydrogens (tertiary/aromatic N) is 1. The van der Waals surface area contributed by atoms with Crippen LogP contribution in [0.5, 0.6) is 0 Å². The van der Waals surface area contributed by atoms with E-state index in [2.05, 4.69) is 5.16 Å². The average Bonchev–Trinajstić information content (AvgIpc) is 2.59. The van der Waals surface area contributed by atoms with Crippen LogP contribution in [0, 0.1) is 5.82 Å². The number of carboxylic acid groups (broad SMARTS) is 1. The van der Waals surface area contributed by atoms with E-state index in [0.717, 1.165) is 0 Å². The summed E-state index contributed by atoms with van der Waals surface area (Å²) in [5.74, 6) is -1.56. The SMILES string of the molecule is CC(CC(=O)O)c1noc2cc(F)ccc12. The zero-order chi connectivity index (χ0) is 11.7. The van der Waals surface area contributed by atoms with Crippen LogP contribution in [0.3, 0.4) is 0 Å². The standard InChI is InChI=1S/C11H10FNO3/c1-6(4-10(14)15)11-8-3-2-7(12)5-9(8)16-13-11/h2-3,5-6H,4H2,1H3,(H,14,15). The molecule has 1 atom stereocenters. The highest BCUT2D eigenvalue weighted by Crippen LogP contribution is 2.27. The van der Waals surface area contributed by atoms with Crippen LogP contribution in [-0.2, 0) is 4.79 Å². The molecule has 0 radical (unpaired) electrons. The van der Waals surface area contributed by atoms with Crippen molar-refractivity contribution in [1.82, 2.24) is 5.16 Å². The lowest BCUT2D eigenvalue weighted by Crippen LogP contribution is -2.03. The van der Waals surface area contributed by atoms with Gasteiger partial charge in [0.25, 0.3) is 0 Å². The van der Waals surface area contributed by atoms with Crippen LogP contribution in [0.1, 0.15) is 25.0 Å². The van der Waals surface area contributed by atoms with Crippen molar-refractivity contribution in [3.8, 4) is 0 Å². The first-order valence-corrected chi connectivity index (χ1v) is 4.84. The van der Waals surface area contributed by atoms with E-state index in [-0.39, 0.29) is 12.3 Å². The zero-order valence-electron chi connectivity index (χ0n) is 8.61. The topological polar surface area (TPSA) is 63.3 Å². The number of halogens is 1. The van der Waals surface area contributed by atoms with Gasteiger partial charge in [-0.1, -0.05) is 12.1 Å². The maximum Gasteiger partial charge on any atom is 0.304 e. The van der Waals surface area contributed by atoms with Crippen LogP contribution in [0.15, 0.2) is 22.7 Å². The molecular weight excluding hydrogens is 213 g/mol. The van der Waals surface area contributed by atoms with Gasteiger partial charge in [0, 0.05) is 17.4 Å². The molecule has 5 heteroatoms. The van der Waals surface area contributed by atoms with E-state index < -0.39 is 11.8 Å². The molecule has 16 heavy (non-hydrogen) atoms. The number of aromatic nitrogens is 1. The Morgan fingerprint density at radius 2 is 2.38 bits per heavy atom. The summed E-state index contributed by atoms with van der Waals surface area (Å²) in [6, 6.07) is 4.09. The number of carbonyl (C=O) groups is 1. The summed E-state index contributed by atoms with van der Waals surface area (Å²) in [4.78, 5) is 10.6. The summed E-state index contributed by atoms with van der Waals surface area (Å²) < 4.78 is 17.8. The van der Waals surface area contributed by atoms with Gasteiger partial charge in [0.05, 0.1) is 12.1 Å². The molecule has 4 nitrogen and oxygen atoms in total. The molecule has 0 bridgehead atoms. The van der Waals surface area contributed by atoms with E-state index in [1.54, 1.807) is 13.0 Å². The van der Waals surface area contributed by atoms with E-state index in [9.17, 15) is 9.18 Å². The molecule has 0 aliphatic rings. The van der Waals surface area contributed by atoms with Crippen molar-refractivity contribution in [2.45, 2.75) is 19.3 Å². The van der Waals surface area contributed by atoms with E-state index in [1.165, 1.54) is 12.1 Å². The third-order valence-corrected chi connectivity index (χ3v) is 2.41. The predicted molar refractivity (Wildman–Crippen MR) is 54.6 cm³/mol. The van der Waals surface area contributed by atoms with Gasteiger partial charge in [0.1, 0.15) is 5.82 Å². The number of hydrogen-bond donors (Lipinski definition) is 1. The van der Waals surface area contributed by atoms with Crippen molar-refractivity contribution in [2.75, 3.05) is 0 Å². The van der Waals surface area contributed by atoms with E-state index in [1.807, 2.05) is 0 Å². The first-order valence-electron chi connectivity index (χ1n) is 4.84. The second-order valence-corrected chi connectivity index (χ2v) is 3.71. The van der Waals surface area contributed by atoms with E-state index >= 15 is 0 Å². The van der Waals surface area contributed by atoms with Gasteiger partial charge in [0.2, 0.25) is 0 Å². The molecule has 1 aromatic heterocycles. The zero-order valence-corrected chi connectivity index (χ0v) is 8.61. The molecule has 84 valence electrons. The first-order chi connectivity index (χ1) is 7.58. The molecule has 0 fully saturated rings. The first kappa shape index (κ1) is 10.6. The highest BCUT2D eigenvalue weighted by atomic mass is 19.1. The fourth-order valence-electron chi connectivity index (χ4n) is 1.64. The lowest BCUT2D eigenvalue weighted by atomic mass is 10.0. The molecule has 1 unspecified atom stereocenters. The number of benzene rings is 1. The van der Waals surface area contributed by atoms with E-state index in [0.29, 0.717) is 16.7 Å². The van der Waals surface area contributed by atoms with Crippen molar-refractivity contribution in [3.05, 3.63) is 29.7 Å². The number of fused-ring (bicyclic) bond motifs is 1. The lowest BCUT2D eigenvalue weighted by molar-refractivity contribution is -0.137. The Hall–Kier alpha value is -1.91. The van der Waals surface area contributed by atoms with Gasteiger partial charge in [0.15, 0.2) is 5.58 Å².